The van der Waals surface area contributed by atoms with Gasteiger partial charge in [-0.2, -0.15) is 5.26 Å². The van der Waals surface area contributed by atoms with Crippen LogP contribution in [0.4, 0.5) is 5.82 Å². The number of carbonyl (C=O) groups is 1. The fraction of sp³-hybridized carbons (Fsp3) is 0.533. The van der Waals surface area contributed by atoms with Crippen LogP contribution in [0.5, 0.6) is 0 Å². The smallest absolute Gasteiger partial charge is 0.224 e. The predicted molar refractivity (Wildman–Crippen MR) is 79.5 cm³/mol. The van der Waals surface area contributed by atoms with Crippen molar-refractivity contribution in [2.45, 2.75) is 34.1 Å². The summed E-state index contributed by atoms with van der Waals surface area (Å²) in [4.78, 5) is 18.0. The molecule has 20 heavy (non-hydrogen) atoms. The van der Waals surface area contributed by atoms with Crippen molar-refractivity contribution in [2.24, 2.45) is 0 Å². The minimum atomic E-state index is 0.116. The van der Waals surface area contributed by atoms with Crippen molar-refractivity contribution in [3.8, 4) is 6.07 Å². The van der Waals surface area contributed by atoms with Gasteiger partial charge in [0.1, 0.15) is 11.9 Å². The van der Waals surface area contributed by atoms with Crippen LogP contribution in [-0.2, 0) is 4.79 Å². The highest BCUT2D eigenvalue weighted by molar-refractivity contribution is 5.76. The maximum Gasteiger partial charge on any atom is 0.224 e. The van der Waals surface area contributed by atoms with Crippen molar-refractivity contribution in [1.82, 2.24) is 9.88 Å². The molecule has 0 fully saturated rings. The van der Waals surface area contributed by atoms with Crippen LogP contribution in [-0.4, -0.2) is 35.4 Å². The van der Waals surface area contributed by atoms with Gasteiger partial charge in [0.15, 0.2) is 0 Å². The Morgan fingerprint density at radius 2 is 2.05 bits per heavy atom. The first-order valence-corrected chi connectivity index (χ1v) is 6.93. The molecule has 1 N–H and O–H groups in total. The molecule has 0 saturated heterocycles. The van der Waals surface area contributed by atoms with Gasteiger partial charge in [-0.15, -0.1) is 0 Å². The Labute approximate surface area is 120 Å². The topological polar surface area (TPSA) is 69.0 Å². The molecule has 0 bridgehead atoms. The summed E-state index contributed by atoms with van der Waals surface area (Å²) in [6, 6.07) is 4.03. The minimum absolute atomic E-state index is 0.116. The molecule has 108 valence electrons. The van der Waals surface area contributed by atoms with Gasteiger partial charge in [0.25, 0.3) is 0 Å². The number of rotatable bonds is 6. The van der Waals surface area contributed by atoms with E-state index >= 15 is 0 Å². The average molecular weight is 274 g/mol. The van der Waals surface area contributed by atoms with E-state index in [-0.39, 0.29) is 5.91 Å². The molecule has 5 heteroatoms. The van der Waals surface area contributed by atoms with Crippen molar-refractivity contribution < 1.29 is 4.79 Å². The highest BCUT2D eigenvalue weighted by Gasteiger charge is 2.11. The third kappa shape index (κ3) is 3.95. The molecule has 0 aromatic carbocycles. The van der Waals surface area contributed by atoms with E-state index < -0.39 is 0 Å². The Hall–Kier alpha value is -2.09. The Bertz CT molecular complexity index is 515. The van der Waals surface area contributed by atoms with E-state index in [2.05, 4.69) is 16.4 Å². The second-order valence-corrected chi connectivity index (χ2v) is 4.66. The zero-order valence-corrected chi connectivity index (χ0v) is 12.7. The highest BCUT2D eigenvalue weighted by atomic mass is 16.2. The van der Waals surface area contributed by atoms with E-state index in [1.165, 1.54) is 0 Å². The average Bonchev–Trinajstić information content (AvgIpc) is 2.39. The van der Waals surface area contributed by atoms with Gasteiger partial charge in [0.2, 0.25) is 5.91 Å². The summed E-state index contributed by atoms with van der Waals surface area (Å²) < 4.78 is 0. The summed E-state index contributed by atoms with van der Waals surface area (Å²) >= 11 is 0. The van der Waals surface area contributed by atoms with Gasteiger partial charge >= 0.3 is 0 Å². The molecule has 0 aliphatic heterocycles. The molecule has 0 aliphatic rings. The van der Waals surface area contributed by atoms with Crippen molar-refractivity contribution in [2.75, 3.05) is 25.0 Å². The number of aromatic nitrogens is 1. The Morgan fingerprint density at radius 1 is 1.40 bits per heavy atom. The molecular formula is C15H22N4O. The van der Waals surface area contributed by atoms with E-state index in [0.29, 0.717) is 24.3 Å². The summed E-state index contributed by atoms with van der Waals surface area (Å²) in [5.41, 5.74) is 2.31. The first-order chi connectivity index (χ1) is 9.53. The fourth-order valence-electron chi connectivity index (χ4n) is 2.13. The summed E-state index contributed by atoms with van der Waals surface area (Å²) in [5, 5.41) is 12.3. The Balaban J connectivity index is 2.67. The molecule has 5 nitrogen and oxygen atoms in total. The molecule has 1 heterocycles. The molecule has 1 amide bonds. The maximum absolute atomic E-state index is 11.9. The zero-order chi connectivity index (χ0) is 15.1. The summed E-state index contributed by atoms with van der Waals surface area (Å²) in [6.45, 7) is 9.64. The van der Waals surface area contributed by atoms with Crippen LogP contribution in [0.2, 0.25) is 0 Å². The lowest BCUT2D eigenvalue weighted by atomic mass is 10.1. The number of aryl methyl sites for hydroxylation is 2. The van der Waals surface area contributed by atoms with Gasteiger partial charge in [0, 0.05) is 31.7 Å². The molecule has 0 aliphatic carbocycles. The number of hydrogen-bond acceptors (Lipinski definition) is 4. The molecule has 0 radical (unpaired) electrons. The fourth-order valence-corrected chi connectivity index (χ4v) is 2.13. The lowest BCUT2D eigenvalue weighted by Gasteiger charge is -2.18. The van der Waals surface area contributed by atoms with Gasteiger partial charge in [-0.25, -0.2) is 4.98 Å². The number of nitrogens with one attached hydrogen (secondary N) is 1. The van der Waals surface area contributed by atoms with Gasteiger partial charge in [-0.05, 0) is 39.3 Å². The molecule has 1 aromatic rings. The van der Waals surface area contributed by atoms with E-state index in [1.54, 1.807) is 4.90 Å². The number of pyridine rings is 1. The highest BCUT2D eigenvalue weighted by Crippen LogP contribution is 2.17. The van der Waals surface area contributed by atoms with Gasteiger partial charge in [-0.1, -0.05) is 0 Å². The van der Waals surface area contributed by atoms with E-state index in [4.69, 9.17) is 5.26 Å². The number of carbonyl (C=O) groups excluding carboxylic acids is 1. The van der Waals surface area contributed by atoms with Crippen LogP contribution in [0, 0.1) is 25.2 Å². The lowest BCUT2D eigenvalue weighted by molar-refractivity contribution is -0.130. The van der Waals surface area contributed by atoms with E-state index in [9.17, 15) is 4.79 Å². The largest absolute Gasteiger partial charge is 0.368 e. The second-order valence-electron chi connectivity index (χ2n) is 4.66. The minimum Gasteiger partial charge on any atom is -0.368 e. The van der Waals surface area contributed by atoms with Crippen molar-refractivity contribution in [3.05, 3.63) is 22.9 Å². The van der Waals surface area contributed by atoms with Crippen LogP contribution >= 0.6 is 0 Å². The van der Waals surface area contributed by atoms with Crippen molar-refractivity contribution >= 4 is 11.7 Å². The number of nitrogens with zero attached hydrogens (tertiary/aromatic N) is 3. The third-order valence-corrected chi connectivity index (χ3v) is 3.20. The molecule has 0 spiro atoms. The summed E-state index contributed by atoms with van der Waals surface area (Å²) in [7, 11) is 0. The number of hydrogen-bond donors (Lipinski definition) is 1. The quantitative estimate of drug-likeness (QED) is 0.863. The van der Waals surface area contributed by atoms with Crippen LogP contribution in [0.3, 0.4) is 0 Å². The van der Waals surface area contributed by atoms with E-state index in [0.717, 1.165) is 24.3 Å². The molecule has 1 aromatic heterocycles. The number of anilines is 1. The molecule has 0 atom stereocenters. The van der Waals surface area contributed by atoms with E-state index in [1.807, 2.05) is 33.8 Å². The third-order valence-electron chi connectivity index (χ3n) is 3.20. The maximum atomic E-state index is 11.9. The van der Waals surface area contributed by atoms with Crippen LogP contribution in [0.25, 0.3) is 0 Å². The monoisotopic (exact) mass is 274 g/mol. The molecule has 0 unspecified atom stereocenters. The van der Waals surface area contributed by atoms with Gasteiger partial charge in [-0.3, -0.25) is 4.79 Å². The second kappa shape index (κ2) is 7.49. The predicted octanol–water partition coefficient (Wildman–Crippen LogP) is 2.24. The zero-order valence-electron chi connectivity index (χ0n) is 12.7. The summed E-state index contributed by atoms with van der Waals surface area (Å²) in [6.07, 6.45) is 0.404. The first-order valence-electron chi connectivity index (χ1n) is 6.93. The van der Waals surface area contributed by atoms with Gasteiger partial charge < -0.3 is 10.2 Å². The SMILES string of the molecule is CCN(CC)C(=O)CCNc1nc(C)cc(C)c1C#N. The molecular weight excluding hydrogens is 252 g/mol. The molecule has 1 rings (SSSR count). The van der Waals surface area contributed by atoms with Crippen LogP contribution in [0.15, 0.2) is 6.07 Å². The van der Waals surface area contributed by atoms with Crippen molar-refractivity contribution in [1.29, 1.82) is 5.26 Å². The van der Waals surface area contributed by atoms with Crippen LogP contribution in [0.1, 0.15) is 37.1 Å². The molecule has 0 saturated carbocycles. The van der Waals surface area contributed by atoms with Crippen LogP contribution < -0.4 is 5.32 Å². The normalized spacial score (nSPS) is 9.95. The lowest BCUT2D eigenvalue weighted by Crippen LogP contribution is -2.31. The van der Waals surface area contributed by atoms with Crippen molar-refractivity contribution in [3.63, 3.8) is 0 Å². The number of amides is 1. The Morgan fingerprint density at radius 3 is 2.60 bits per heavy atom. The number of nitriles is 1. The Kier molecular flexibility index (Phi) is 5.98. The standard InChI is InChI=1S/C15H22N4O/c1-5-19(6-2)14(20)7-8-17-15-13(10-16)11(3)9-12(4)18-15/h9H,5-8H2,1-4H3,(H,17,18). The van der Waals surface area contributed by atoms with Gasteiger partial charge in [0.05, 0.1) is 5.56 Å². The summed E-state index contributed by atoms with van der Waals surface area (Å²) in [5.74, 6) is 0.683. The first kappa shape index (κ1) is 16.0.